The fraction of sp³-hybridized carbons (Fsp3) is 0.353. The zero-order valence-corrected chi connectivity index (χ0v) is 12.4. The van der Waals surface area contributed by atoms with Crippen molar-refractivity contribution >= 4 is 11.5 Å². The van der Waals surface area contributed by atoms with Gasteiger partial charge in [-0.05, 0) is 37.1 Å². The predicted octanol–water partition coefficient (Wildman–Crippen LogP) is 3.27. The third-order valence-corrected chi connectivity index (χ3v) is 3.92. The van der Waals surface area contributed by atoms with Crippen LogP contribution in [-0.4, -0.2) is 18.6 Å². The van der Waals surface area contributed by atoms with Crippen LogP contribution in [0.1, 0.15) is 18.1 Å². The van der Waals surface area contributed by atoms with Gasteiger partial charge in [0.05, 0.1) is 0 Å². The van der Waals surface area contributed by atoms with Gasteiger partial charge in [-0.25, -0.2) is 9.37 Å². The van der Waals surface area contributed by atoms with Gasteiger partial charge in [-0.1, -0.05) is 25.1 Å². The van der Waals surface area contributed by atoms with Crippen molar-refractivity contribution < 1.29 is 4.39 Å². The van der Waals surface area contributed by atoms with Crippen LogP contribution in [-0.2, 0) is 13.0 Å². The zero-order chi connectivity index (χ0) is 14.8. The van der Waals surface area contributed by atoms with Gasteiger partial charge >= 0.3 is 0 Å². The number of pyridine rings is 1. The van der Waals surface area contributed by atoms with E-state index >= 15 is 0 Å². The molecule has 0 radical (unpaired) electrons. The molecule has 2 heterocycles. The maximum absolute atomic E-state index is 14.7. The van der Waals surface area contributed by atoms with Crippen molar-refractivity contribution in [3.63, 3.8) is 0 Å². The molecule has 21 heavy (non-hydrogen) atoms. The predicted molar refractivity (Wildman–Crippen MR) is 83.3 cm³/mol. The molecule has 3 nitrogen and oxygen atoms in total. The third kappa shape index (κ3) is 2.63. The summed E-state index contributed by atoms with van der Waals surface area (Å²) in [7, 11) is 1.82. The summed E-state index contributed by atoms with van der Waals surface area (Å²) in [5.41, 5.74) is 2.98. The normalized spacial score (nSPS) is 17.7. The van der Waals surface area contributed by atoms with Crippen molar-refractivity contribution in [2.75, 3.05) is 18.5 Å². The van der Waals surface area contributed by atoms with Crippen LogP contribution in [0.25, 0.3) is 0 Å². The summed E-state index contributed by atoms with van der Waals surface area (Å²) in [5, 5.41) is 3.00. The Morgan fingerprint density at radius 3 is 2.95 bits per heavy atom. The number of fused-ring (bicyclic) bond motifs is 1. The lowest BCUT2D eigenvalue weighted by Crippen LogP contribution is -2.32. The number of nitrogens with one attached hydrogen (secondary N) is 1. The highest BCUT2D eigenvalue weighted by molar-refractivity contribution is 5.66. The number of halogens is 1. The van der Waals surface area contributed by atoms with E-state index in [4.69, 9.17) is 0 Å². The molecular formula is C17H20FN3. The van der Waals surface area contributed by atoms with Crippen LogP contribution >= 0.6 is 0 Å². The maximum atomic E-state index is 14.7. The second kappa shape index (κ2) is 5.82. The molecule has 1 N–H and O–H groups in total. The molecule has 0 fully saturated rings. The van der Waals surface area contributed by atoms with E-state index in [1.807, 2.05) is 30.1 Å². The number of para-hydroxylation sites is 1. The third-order valence-electron chi connectivity index (χ3n) is 3.92. The smallest absolute Gasteiger partial charge is 0.170 e. The average Bonchev–Trinajstić information content (AvgIpc) is 2.49. The largest absolute Gasteiger partial charge is 0.323 e. The minimum absolute atomic E-state index is 0.226. The molecule has 0 amide bonds. The fourth-order valence-corrected chi connectivity index (χ4v) is 2.98. The van der Waals surface area contributed by atoms with E-state index in [2.05, 4.69) is 23.3 Å². The van der Waals surface area contributed by atoms with Crippen LogP contribution < -0.4 is 10.2 Å². The number of hydrogen-bond acceptors (Lipinski definition) is 3. The van der Waals surface area contributed by atoms with Gasteiger partial charge in [0.2, 0.25) is 0 Å². The first-order valence-electron chi connectivity index (χ1n) is 7.34. The molecule has 4 heteroatoms. The highest BCUT2D eigenvalue weighted by atomic mass is 19.1. The molecule has 0 aliphatic carbocycles. The van der Waals surface area contributed by atoms with Crippen molar-refractivity contribution in [3.8, 4) is 0 Å². The van der Waals surface area contributed by atoms with Gasteiger partial charge in [-0.2, -0.15) is 0 Å². The highest BCUT2D eigenvalue weighted by Crippen LogP contribution is 2.35. The van der Waals surface area contributed by atoms with E-state index in [-0.39, 0.29) is 5.82 Å². The highest BCUT2D eigenvalue weighted by Gasteiger charge is 2.26. The Morgan fingerprint density at radius 1 is 1.33 bits per heavy atom. The van der Waals surface area contributed by atoms with E-state index < -0.39 is 0 Å². The summed E-state index contributed by atoms with van der Waals surface area (Å²) in [6, 6.07) is 9.93. The average molecular weight is 285 g/mol. The van der Waals surface area contributed by atoms with Crippen LogP contribution in [0.2, 0.25) is 0 Å². The van der Waals surface area contributed by atoms with Gasteiger partial charge in [0.25, 0.3) is 0 Å². The summed E-state index contributed by atoms with van der Waals surface area (Å²) >= 11 is 0. The Labute approximate surface area is 124 Å². The van der Waals surface area contributed by atoms with Gasteiger partial charge in [-0.15, -0.1) is 0 Å². The van der Waals surface area contributed by atoms with E-state index in [1.54, 1.807) is 12.3 Å². The number of anilines is 2. The SMILES string of the molecule is CNCc1ccnc(N2CC(C)Cc3ccccc32)c1F. The number of benzene rings is 1. The molecule has 0 saturated heterocycles. The Hall–Kier alpha value is -1.94. The van der Waals surface area contributed by atoms with E-state index in [1.165, 1.54) is 5.56 Å². The second-order valence-corrected chi connectivity index (χ2v) is 5.69. The minimum atomic E-state index is -0.226. The first-order chi connectivity index (χ1) is 10.2. The van der Waals surface area contributed by atoms with Gasteiger partial charge in [0, 0.05) is 30.5 Å². The summed E-state index contributed by atoms with van der Waals surface area (Å²) in [4.78, 5) is 6.31. The standard InChI is InChI=1S/C17H20FN3/c1-12-9-13-5-3-4-6-15(13)21(11-12)17-16(18)14(10-19-2)7-8-20-17/h3-8,12,19H,9-11H2,1-2H3. The lowest BCUT2D eigenvalue weighted by Gasteiger charge is -2.34. The summed E-state index contributed by atoms with van der Waals surface area (Å²) < 4.78 is 14.7. The molecule has 1 atom stereocenters. The van der Waals surface area contributed by atoms with Crippen molar-refractivity contribution in [2.45, 2.75) is 19.9 Å². The lowest BCUT2D eigenvalue weighted by atomic mass is 9.94. The summed E-state index contributed by atoms with van der Waals surface area (Å²) in [6.45, 7) is 3.49. The van der Waals surface area contributed by atoms with Crippen LogP contribution in [0.5, 0.6) is 0 Å². The zero-order valence-electron chi connectivity index (χ0n) is 12.4. The topological polar surface area (TPSA) is 28.2 Å². The van der Waals surface area contributed by atoms with Gasteiger partial charge in [-0.3, -0.25) is 0 Å². The van der Waals surface area contributed by atoms with E-state index in [9.17, 15) is 4.39 Å². The van der Waals surface area contributed by atoms with Crippen molar-refractivity contribution in [3.05, 3.63) is 53.5 Å². The molecule has 110 valence electrons. The first kappa shape index (κ1) is 14.0. The second-order valence-electron chi connectivity index (χ2n) is 5.69. The Kier molecular flexibility index (Phi) is 3.88. The van der Waals surface area contributed by atoms with Crippen molar-refractivity contribution in [1.29, 1.82) is 0 Å². The Bertz CT molecular complexity index is 642. The molecule has 1 aliphatic heterocycles. The lowest BCUT2D eigenvalue weighted by molar-refractivity contribution is 0.542. The van der Waals surface area contributed by atoms with Crippen LogP contribution in [0.4, 0.5) is 15.9 Å². The van der Waals surface area contributed by atoms with E-state index in [0.29, 0.717) is 23.8 Å². The summed E-state index contributed by atoms with van der Waals surface area (Å²) in [5.74, 6) is 0.687. The van der Waals surface area contributed by atoms with Crippen LogP contribution in [0, 0.1) is 11.7 Å². The molecule has 1 aliphatic rings. The number of nitrogens with zero attached hydrogens (tertiary/aromatic N) is 2. The van der Waals surface area contributed by atoms with Gasteiger partial charge in [0.15, 0.2) is 11.6 Å². The Morgan fingerprint density at radius 2 is 2.14 bits per heavy atom. The minimum Gasteiger partial charge on any atom is -0.323 e. The van der Waals surface area contributed by atoms with Crippen molar-refractivity contribution in [1.82, 2.24) is 10.3 Å². The fourth-order valence-electron chi connectivity index (χ4n) is 2.98. The molecule has 3 rings (SSSR count). The first-order valence-corrected chi connectivity index (χ1v) is 7.34. The quantitative estimate of drug-likeness (QED) is 0.938. The molecular weight excluding hydrogens is 265 g/mol. The maximum Gasteiger partial charge on any atom is 0.170 e. The van der Waals surface area contributed by atoms with Gasteiger partial charge in [0.1, 0.15) is 0 Å². The monoisotopic (exact) mass is 285 g/mol. The van der Waals surface area contributed by atoms with E-state index in [0.717, 1.165) is 18.7 Å². The molecule has 1 unspecified atom stereocenters. The van der Waals surface area contributed by atoms with Crippen LogP contribution in [0.3, 0.4) is 0 Å². The van der Waals surface area contributed by atoms with Crippen molar-refractivity contribution in [2.24, 2.45) is 5.92 Å². The molecule has 1 aromatic heterocycles. The molecule has 0 spiro atoms. The number of aromatic nitrogens is 1. The number of hydrogen-bond donors (Lipinski definition) is 1. The number of rotatable bonds is 3. The molecule has 0 saturated carbocycles. The molecule has 0 bridgehead atoms. The molecule has 2 aromatic rings. The van der Waals surface area contributed by atoms with Crippen LogP contribution in [0.15, 0.2) is 36.5 Å². The van der Waals surface area contributed by atoms with Gasteiger partial charge < -0.3 is 10.2 Å². The Balaban J connectivity index is 2.07. The summed E-state index contributed by atoms with van der Waals surface area (Å²) in [6.07, 6.45) is 2.72. The molecule has 1 aromatic carbocycles.